The first-order chi connectivity index (χ1) is 7.87. The van der Waals surface area contributed by atoms with Crippen molar-refractivity contribution in [2.75, 3.05) is 7.05 Å². The van der Waals surface area contributed by atoms with Crippen LogP contribution in [-0.4, -0.2) is 33.1 Å². The fourth-order valence-electron chi connectivity index (χ4n) is 1.51. The van der Waals surface area contributed by atoms with Gasteiger partial charge in [-0.25, -0.2) is 4.98 Å². The molecule has 2 heterocycles. The maximum Gasteiger partial charge on any atom is 0.274 e. The van der Waals surface area contributed by atoms with E-state index in [-0.39, 0.29) is 11.4 Å². The third kappa shape index (κ3) is 2.43. The van der Waals surface area contributed by atoms with Crippen LogP contribution >= 0.6 is 0 Å². The molecule has 2 rings (SSSR count). The van der Waals surface area contributed by atoms with Crippen LogP contribution in [0.1, 0.15) is 31.3 Å². The molecule has 0 bridgehead atoms. The van der Waals surface area contributed by atoms with E-state index in [2.05, 4.69) is 20.6 Å². The zero-order chi connectivity index (χ0) is 12.6. The first-order valence-electron chi connectivity index (χ1n) is 5.37. The molecule has 1 aliphatic heterocycles. The minimum Gasteiger partial charge on any atom is -0.346 e. The van der Waals surface area contributed by atoms with Crippen LogP contribution in [-0.2, 0) is 6.67 Å². The van der Waals surface area contributed by atoms with Gasteiger partial charge in [0.05, 0.1) is 6.33 Å². The number of nitrogens with zero attached hydrogens (tertiary/aromatic N) is 5. The second kappa shape index (κ2) is 3.83. The summed E-state index contributed by atoms with van der Waals surface area (Å²) in [5.41, 5.74) is 0.0210. The van der Waals surface area contributed by atoms with Gasteiger partial charge < -0.3 is 5.32 Å². The van der Waals surface area contributed by atoms with E-state index >= 15 is 0 Å². The topological polar surface area (TPSA) is 74.9 Å². The zero-order valence-corrected chi connectivity index (χ0v) is 10.4. The van der Waals surface area contributed by atoms with E-state index in [0.29, 0.717) is 18.2 Å². The average molecular weight is 236 g/mol. The molecule has 1 amide bonds. The van der Waals surface area contributed by atoms with Gasteiger partial charge in [0.25, 0.3) is 5.91 Å². The minimum absolute atomic E-state index is 0.227. The molecular formula is C10H16N6O. The van der Waals surface area contributed by atoms with Gasteiger partial charge in [-0.15, -0.1) is 5.11 Å². The van der Waals surface area contributed by atoms with Crippen molar-refractivity contribution in [1.29, 1.82) is 0 Å². The third-order valence-corrected chi connectivity index (χ3v) is 2.16. The standard InChI is InChI=1S/C10H16N6O/c1-10(2,3)12-9(17)7-8-13-14-15(4)6-16(8)5-11-7/h5H,6H2,1-4H3,(H,12,17). The fraction of sp³-hybridized carbons (Fsp3) is 0.600. The highest BCUT2D eigenvalue weighted by Crippen LogP contribution is 2.23. The molecule has 0 aromatic carbocycles. The summed E-state index contributed by atoms with van der Waals surface area (Å²) in [6, 6.07) is 0. The van der Waals surface area contributed by atoms with Crippen LogP contribution in [0.25, 0.3) is 0 Å². The highest BCUT2D eigenvalue weighted by Gasteiger charge is 2.24. The molecular weight excluding hydrogens is 220 g/mol. The number of hydrogen-bond donors (Lipinski definition) is 1. The SMILES string of the molecule is CN1Cn2cnc(C(=O)NC(C)(C)C)c2N=N1. The quantitative estimate of drug-likeness (QED) is 0.798. The van der Waals surface area contributed by atoms with Crippen molar-refractivity contribution in [1.82, 2.24) is 19.9 Å². The Balaban J connectivity index is 2.26. The molecule has 0 saturated carbocycles. The summed E-state index contributed by atoms with van der Waals surface area (Å²) in [5, 5.41) is 12.4. The van der Waals surface area contributed by atoms with Crippen LogP contribution in [0.3, 0.4) is 0 Å². The van der Waals surface area contributed by atoms with Gasteiger partial charge in [0, 0.05) is 12.6 Å². The molecule has 0 spiro atoms. The molecule has 0 aliphatic carbocycles. The molecule has 0 radical (unpaired) electrons. The van der Waals surface area contributed by atoms with E-state index in [0.717, 1.165) is 0 Å². The first-order valence-corrected chi connectivity index (χ1v) is 5.37. The van der Waals surface area contributed by atoms with Crippen LogP contribution in [0, 0.1) is 0 Å². The van der Waals surface area contributed by atoms with Gasteiger partial charge in [0.15, 0.2) is 11.5 Å². The van der Waals surface area contributed by atoms with Crippen molar-refractivity contribution in [3.63, 3.8) is 0 Å². The molecule has 7 nitrogen and oxygen atoms in total. The molecule has 7 heteroatoms. The minimum atomic E-state index is -0.295. The highest BCUT2D eigenvalue weighted by atomic mass is 16.2. The van der Waals surface area contributed by atoms with Crippen LogP contribution in [0.15, 0.2) is 16.7 Å². The lowest BCUT2D eigenvalue weighted by molar-refractivity contribution is 0.0915. The number of carbonyl (C=O) groups is 1. The normalized spacial score (nSPS) is 14.7. The first kappa shape index (κ1) is 11.6. The van der Waals surface area contributed by atoms with E-state index in [4.69, 9.17) is 0 Å². The summed E-state index contributed by atoms with van der Waals surface area (Å²) in [6.45, 7) is 6.31. The van der Waals surface area contributed by atoms with E-state index in [1.54, 1.807) is 23.0 Å². The number of hydrogen-bond acceptors (Lipinski definition) is 5. The van der Waals surface area contributed by atoms with E-state index in [1.165, 1.54) is 0 Å². The van der Waals surface area contributed by atoms with Crippen LogP contribution in [0.5, 0.6) is 0 Å². The number of aromatic nitrogens is 2. The Morgan fingerprint density at radius 1 is 1.47 bits per heavy atom. The molecule has 1 N–H and O–H groups in total. The Bertz CT molecular complexity index is 470. The number of nitrogens with one attached hydrogen (secondary N) is 1. The number of amides is 1. The summed E-state index contributed by atoms with van der Waals surface area (Å²) in [5.74, 6) is 0.277. The number of rotatable bonds is 1. The van der Waals surface area contributed by atoms with Crippen molar-refractivity contribution in [3.8, 4) is 0 Å². The largest absolute Gasteiger partial charge is 0.346 e. The second-order valence-corrected chi connectivity index (χ2v) is 5.08. The van der Waals surface area contributed by atoms with E-state index in [1.807, 2.05) is 20.8 Å². The van der Waals surface area contributed by atoms with Gasteiger partial charge in [0.2, 0.25) is 0 Å². The Labute approximate surface area is 99.5 Å². The predicted octanol–water partition coefficient (Wildman–Crippen LogP) is 1.31. The van der Waals surface area contributed by atoms with Crippen LogP contribution < -0.4 is 5.32 Å². The van der Waals surface area contributed by atoms with Crippen molar-refractivity contribution in [2.45, 2.75) is 33.0 Å². The van der Waals surface area contributed by atoms with Crippen molar-refractivity contribution in [2.24, 2.45) is 10.3 Å². The lowest BCUT2D eigenvalue weighted by Crippen LogP contribution is -2.40. The zero-order valence-electron chi connectivity index (χ0n) is 10.4. The molecule has 1 aliphatic rings. The fourth-order valence-corrected chi connectivity index (χ4v) is 1.51. The van der Waals surface area contributed by atoms with Crippen LogP contribution in [0.2, 0.25) is 0 Å². The van der Waals surface area contributed by atoms with Crippen molar-refractivity contribution >= 4 is 11.7 Å². The molecule has 17 heavy (non-hydrogen) atoms. The molecule has 0 saturated heterocycles. The Hall–Kier alpha value is -1.92. The molecule has 0 unspecified atom stereocenters. The van der Waals surface area contributed by atoms with Crippen LogP contribution in [0.4, 0.5) is 5.82 Å². The van der Waals surface area contributed by atoms with Gasteiger partial charge in [-0.2, -0.15) is 0 Å². The Kier molecular flexibility index (Phi) is 2.60. The summed E-state index contributed by atoms with van der Waals surface area (Å²) in [4.78, 5) is 16.1. The van der Waals surface area contributed by atoms with Gasteiger partial charge in [0.1, 0.15) is 6.67 Å². The predicted molar refractivity (Wildman–Crippen MR) is 61.7 cm³/mol. The molecule has 92 valence electrons. The summed E-state index contributed by atoms with van der Waals surface area (Å²) < 4.78 is 1.78. The van der Waals surface area contributed by atoms with E-state index in [9.17, 15) is 4.79 Å². The molecule has 0 fully saturated rings. The lowest BCUT2D eigenvalue weighted by atomic mass is 10.1. The van der Waals surface area contributed by atoms with Gasteiger partial charge in [-0.1, -0.05) is 5.22 Å². The molecule has 0 atom stereocenters. The van der Waals surface area contributed by atoms with Gasteiger partial charge in [-0.05, 0) is 20.8 Å². The molecule has 1 aromatic heterocycles. The summed E-state index contributed by atoms with van der Waals surface area (Å²) in [6.07, 6.45) is 1.60. The highest BCUT2D eigenvalue weighted by molar-refractivity contribution is 5.96. The lowest BCUT2D eigenvalue weighted by Gasteiger charge is -2.20. The Morgan fingerprint density at radius 2 is 2.18 bits per heavy atom. The number of imidazole rings is 1. The summed E-state index contributed by atoms with van der Waals surface area (Å²) >= 11 is 0. The average Bonchev–Trinajstić information content (AvgIpc) is 2.57. The van der Waals surface area contributed by atoms with E-state index < -0.39 is 0 Å². The van der Waals surface area contributed by atoms with Crippen molar-refractivity contribution < 1.29 is 4.79 Å². The summed E-state index contributed by atoms with van der Waals surface area (Å²) in [7, 11) is 1.81. The number of fused-ring (bicyclic) bond motifs is 1. The maximum absolute atomic E-state index is 12.0. The third-order valence-electron chi connectivity index (χ3n) is 2.16. The number of carbonyl (C=O) groups excluding carboxylic acids is 1. The maximum atomic E-state index is 12.0. The Morgan fingerprint density at radius 3 is 2.82 bits per heavy atom. The van der Waals surface area contributed by atoms with Crippen molar-refractivity contribution in [3.05, 3.63) is 12.0 Å². The van der Waals surface area contributed by atoms with Gasteiger partial charge in [-0.3, -0.25) is 14.4 Å². The smallest absolute Gasteiger partial charge is 0.274 e. The second-order valence-electron chi connectivity index (χ2n) is 5.08. The monoisotopic (exact) mass is 236 g/mol. The molecule has 1 aromatic rings. The van der Waals surface area contributed by atoms with Gasteiger partial charge >= 0.3 is 0 Å².